The van der Waals surface area contributed by atoms with Crippen LogP contribution in [0.25, 0.3) is 0 Å². The lowest BCUT2D eigenvalue weighted by atomic mass is 10.1. The highest BCUT2D eigenvalue weighted by Crippen LogP contribution is 2.28. The Balaban J connectivity index is 2.48. The van der Waals surface area contributed by atoms with E-state index in [0.29, 0.717) is 16.1 Å². The maximum atomic E-state index is 13.3. The number of halogens is 1. The van der Waals surface area contributed by atoms with Crippen molar-refractivity contribution >= 4 is 44.8 Å². The van der Waals surface area contributed by atoms with Crippen LogP contribution in [0.1, 0.15) is 18.1 Å². The van der Waals surface area contributed by atoms with Crippen LogP contribution in [0.3, 0.4) is 0 Å². The molecule has 0 aromatic heterocycles. The molecule has 0 spiro atoms. The zero-order valence-electron chi connectivity index (χ0n) is 18.6. The number of amides is 2. The number of benzene rings is 2. The molecule has 178 valence electrons. The highest BCUT2D eigenvalue weighted by molar-refractivity contribution is 7.92. The summed E-state index contributed by atoms with van der Waals surface area (Å²) in [6, 6.07) is 9.56. The molecule has 10 nitrogen and oxygen atoms in total. The molecule has 1 N–H and O–H groups in total. The van der Waals surface area contributed by atoms with E-state index in [1.165, 1.54) is 31.0 Å². The van der Waals surface area contributed by atoms with E-state index in [1.807, 2.05) is 0 Å². The van der Waals surface area contributed by atoms with Crippen molar-refractivity contribution in [2.75, 3.05) is 24.2 Å². The average Bonchev–Trinajstić information content (AvgIpc) is 2.74. The van der Waals surface area contributed by atoms with Crippen molar-refractivity contribution in [1.29, 1.82) is 0 Å². The predicted octanol–water partition coefficient (Wildman–Crippen LogP) is 2.49. The van der Waals surface area contributed by atoms with Crippen molar-refractivity contribution in [2.24, 2.45) is 0 Å². The van der Waals surface area contributed by atoms with Gasteiger partial charge in [0.2, 0.25) is 21.8 Å². The molecule has 1 atom stereocenters. The number of nitro benzene ring substituents is 1. The van der Waals surface area contributed by atoms with Gasteiger partial charge < -0.3 is 10.2 Å². The van der Waals surface area contributed by atoms with E-state index >= 15 is 0 Å². The number of hydrogen-bond donors (Lipinski definition) is 1. The number of aryl methyl sites for hydroxylation is 1. The number of anilines is 1. The first-order valence-corrected chi connectivity index (χ1v) is 12.1. The number of hydrogen-bond acceptors (Lipinski definition) is 6. The van der Waals surface area contributed by atoms with Crippen LogP contribution >= 0.6 is 11.6 Å². The van der Waals surface area contributed by atoms with Gasteiger partial charge in [-0.2, -0.15) is 0 Å². The van der Waals surface area contributed by atoms with Gasteiger partial charge in [0.25, 0.3) is 5.69 Å². The number of nitrogens with zero attached hydrogens (tertiary/aromatic N) is 3. The van der Waals surface area contributed by atoms with Crippen molar-refractivity contribution in [1.82, 2.24) is 10.2 Å². The molecule has 0 unspecified atom stereocenters. The molecule has 2 aromatic carbocycles. The van der Waals surface area contributed by atoms with Crippen molar-refractivity contribution in [3.8, 4) is 0 Å². The summed E-state index contributed by atoms with van der Waals surface area (Å²) in [6.45, 7) is 2.45. The molecule has 0 aliphatic carbocycles. The van der Waals surface area contributed by atoms with Gasteiger partial charge in [0.05, 0.1) is 16.9 Å². The van der Waals surface area contributed by atoms with Crippen LogP contribution in [0, 0.1) is 17.0 Å². The fourth-order valence-electron chi connectivity index (χ4n) is 3.20. The number of nitro groups is 1. The first-order valence-electron chi connectivity index (χ1n) is 9.83. The van der Waals surface area contributed by atoms with Crippen LogP contribution in [-0.4, -0.2) is 55.9 Å². The maximum Gasteiger partial charge on any atom is 0.271 e. The summed E-state index contributed by atoms with van der Waals surface area (Å²) < 4.78 is 26.0. The normalized spacial score (nSPS) is 12.0. The van der Waals surface area contributed by atoms with Gasteiger partial charge in [-0.05, 0) is 37.1 Å². The third-order valence-electron chi connectivity index (χ3n) is 5.01. The van der Waals surface area contributed by atoms with E-state index in [1.54, 1.807) is 31.2 Å². The van der Waals surface area contributed by atoms with E-state index in [0.717, 1.165) is 16.6 Å². The van der Waals surface area contributed by atoms with Crippen molar-refractivity contribution in [2.45, 2.75) is 26.4 Å². The minimum Gasteiger partial charge on any atom is -0.357 e. The minimum atomic E-state index is -4.00. The number of carbonyl (C=O) groups excluding carboxylic acids is 2. The fourth-order valence-corrected chi connectivity index (χ4v) is 4.31. The van der Waals surface area contributed by atoms with Crippen LogP contribution in [-0.2, 0) is 26.2 Å². The van der Waals surface area contributed by atoms with Gasteiger partial charge in [-0.3, -0.25) is 24.0 Å². The number of rotatable bonds is 9. The molecule has 0 bridgehead atoms. The average molecular weight is 497 g/mol. The molecule has 0 heterocycles. The highest BCUT2D eigenvalue weighted by atomic mass is 35.5. The summed E-state index contributed by atoms with van der Waals surface area (Å²) in [5, 5.41) is 14.1. The lowest BCUT2D eigenvalue weighted by molar-refractivity contribution is -0.384. The monoisotopic (exact) mass is 496 g/mol. The van der Waals surface area contributed by atoms with Gasteiger partial charge in [-0.25, -0.2) is 8.42 Å². The van der Waals surface area contributed by atoms with Crippen molar-refractivity contribution in [3.05, 3.63) is 68.7 Å². The Hall–Kier alpha value is -3.18. The third-order valence-corrected chi connectivity index (χ3v) is 6.37. The topological polar surface area (TPSA) is 130 Å². The van der Waals surface area contributed by atoms with E-state index < -0.39 is 39.3 Å². The Bertz CT molecular complexity index is 1170. The molecule has 2 rings (SSSR count). The molecule has 33 heavy (non-hydrogen) atoms. The summed E-state index contributed by atoms with van der Waals surface area (Å²) in [6.07, 6.45) is 0.905. The van der Waals surface area contributed by atoms with E-state index in [4.69, 9.17) is 11.6 Å². The smallest absolute Gasteiger partial charge is 0.271 e. The SMILES string of the molecule is CNC(=O)[C@H](C)N(Cc1cccc(Cl)c1)C(=O)CN(c1cc([N+](=O)[O-])ccc1C)S(C)(=O)=O. The van der Waals surface area contributed by atoms with E-state index in [2.05, 4.69) is 5.32 Å². The van der Waals surface area contributed by atoms with Crippen LogP contribution in [0.2, 0.25) is 5.02 Å². The summed E-state index contributed by atoms with van der Waals surface area (Å²) in [5.74, 6) is -1.11. The summed E-state index contributed by atoms with van der Waals surface area (Å²) in [7, 11) is -2.57. The standard InChI is InChI=1S/C21H25ClN4O6S/c1-14-8-9-18(26(29)30)11-19(14)25(33(4,31)32)13-20(27)24(15(2)21(28)23-3)12-16-6-5-7-17(22)10-16/h5-11,15H,12-13H2,1-4H3,(H,23,28)/t15-/m0/s1. The van der Waals surface area contributed by atoms with Gasteiger partial charge >= 0.3 is 0 Å². The zero-order chi connectivity index (χ0) is 24.9. The molecule has 12 heteroatoms. The molecule has 2 aromatic rings. The van der Waals surface area contributed by atoms with Crippen LogP contribution < -0.4 is 9.62 Å². The quantitative estimate of drug-likeness (QED) is 0.419. The van der Waals surface area contributed by atoms with Gasteiger partial charge in [0, 0.05) is 30.7 Å². The summed E-state index contributed by atoms with van der Waals surface area (Å²) in [5.41, 5.74) is 0.769. The molecule has 0 radical (unpaired) electrons. The molecule has 0 saturated heterocycles. The molecular weight excluding hydrogens is 472 g/mol. The van der Waals surface area contributed by atoms with Gasteiger partial charge in [0.15, 0.2) is 0 Å². The summed E-state index contributed by atoms with van der Waals surface area (Å²) >= 11 is 6.03. The molecule has 0 aliphatic rings. The number of carbonyl (C=O) groups is 2. The largest absolute Gasteiger partial charge is 0.357 e. The Morgan fingerprint density at radius 2 is 1.88 bits per heavy atom. The Labute approximate surface area is 197 Å². The summed E-state index contributed by atoms with van der Waals surface area (Å²) in [4.78, 5) is 37.4. The molecule has 0 fully saturated rings. The third kappa shape index (κ3) is 6.65. The van der Waals surface area contributed by atoms with Gasteiger partial charge in [0.1, 0.15) is 12.6 Å². The van der Waals surface area contributed by atoms with Crippen molar-refractivity contribution in [3.63, 3.8) is 0 Å². The number of likely N-dealkylation sites (N-methyl/N-ethyl adjacent to an activating group) is 1. The van der Waals surface area contributed by atoms with Crippen LogP contribution in [0.4, 0.5) is 11.4 Å². The van der Waals surface area contributed by atoms with Crippen molar-refractivity contribution < 1.29 is 22.9 Å². The Kier molecular flexibility index (Phi) is 8.39. The number of sulfonamides is 1. The zero-order valence-corrected chi connectivity index (χ0v) is 20.2. The second kappa shape index (κ2) is 10.6. The van der Waals surface area contributed by atoms with Crippen LogP contribution in [0.15, 0.2) is 42.5 Å². The predicted molar refractivity (Wildman–Crippen MR) is 126 cm³/mol. The molecule has 2 amide bonds. The minimum absolute atomic E-state index is 0.000495. The number of nitrogens with one attached hydrogen (secondary N) is 1. The van der Waals surface area contributed by atoms with E-state index in [9.17, 15) is 28.1 Å². The first-order chi connectivity index (χ1) is 15.3. The van der Waals surface area contributed by atoms with Gasteiger partial charge in [-0.15, -0.1) is 0 Å². The Morgan fingerprint density at radius 3 is 2.42 bits per heavy atom. The first kappa shape index (κ1) is 26.1. The molecule has 0 aliphatic heterocycles. The lowest BCUT2D eigenvalue weighted by Crippen LogP contribution is -2.50. The second-order valence-corrected chi connectivity index (χ2v) is 9.78. The fraction of sp³-hybridized carbons (Fsp3) is 0.333. The molecule has 0 saturated carbocycles. The Morgan fingerprint density at radius 1 is 1.21 bits per heavy atom. The van der Waals surface area contributed by atoms with E-state index in [-0.39, 0.29) is 17.9 Å². The number of non-ortho nitro benzene ring substituents is 1. The molecular formula is C21H25ClN4O6S. The van der Waals surface area contributed by atoms with Crippen LogP contribution in [0.5, 0.6) is 0 Å². The lowest BCUT2D eigenvalue weighted by Gasteiger charge is -2.31. The highest BCUT2D eigenvalue weighted by Gasteiger charge is 2.30. The van der Waals surface area contributed by atoms with Gasteiger partial charge in [-0.1, -0.05) is 29.8 Å². The maximum absolute atomic E-state index is 13.3. The second-order valence-electron chi connectivity index (χ2n) is 7.44.